The SMILES string of the molecule is COc1ccc(COC[C@@H](O)/C=C/C[C@@H](Br)[C@@H](CCOC(=O)C(C)(C)C)O[Si](C)(C)C(C)(C)C)cc1. The molecule has 1 N–H and O–H groups in total. The molecule has 1 rings (SSSR count). The fourth-order valence-corrected chi connectivity index (χ4v) is 5.13. The second-order valence-electron chi connectivity index (χ2n) is 11.7. The molecule has 0 saturated carbocycles. The molecule has 36 heavy (non-hydrogen) atoms. The van der Waals surface area contributed by atoms with Gasteiger partial charge in [0.05, 0.1) is 44.6 Å². The van der Waals surface area contributed by atoms with Crippen LogP contribution in [0.4, 0.5) is 0 Å². The number of halogens is 1. The molecule has 0 heterocycles. The molecule has 1 aromatic rings. The summed E-state index contributed by atoms with van der Waals surface area (Å²) in [5.74, 6) is 0.589. The van der Waals surface area contributed by atoms with Gasteiger partial charge in [0.25, 0.3) is 0 Å². The molecular formula is C28H47BrO6Si. The van der Waals surface area contributed by atoms with Gasteiger partial charge in [0.2, 0.25) is 0 Å². The Kier molecular flexibility index (Phi) is 13.4. The van der Waals surface area contributed by atoms with Crippen LogP contribution in [0.25, 0.3) is 0 Å². The van der Waals surface area contributed by atoms with Crippen molar-refractivity contribution in [3.63, 3.8) is 0 Å². The second kappa shape index (κ2) is 14.7. The van der Waals surface area contributed by atoms with E-state index in [1.165, 1.54) is 0 Å². The van der Waals surface area contributed by atoms with E-state index in [4.69, 9.17) is 18.6 Å². The maximum absolute atomic E-state index is 12.2. The van der Waals surface area contributed by atoms with Crippen LogP contribution >= 0.6 is 15.9 Å². The number of hydrogen-bond acceptors (Lipinski definition) is 6. The van der Waals surface area contributed by atoms with Crippen molar-refractivity contribution >= 4 is 30.2 Å². The number of carbonyl (C=O) groups is 1. The van der Waals surface area contributed by atoms with Gasteiger partial charge < -0.3 is 23.7 Å². The average molecular weight is 588 g/mol. The third-order valence-electron chi connectivity index (χ3n) is 6.34. The summed E-state index contributed by atoms with van der Waals surface area (Å²) in [5, 5.41) is 10.4. The van der Waals surface area contributed by atoms with Crippen LogP contribution in [0.3, 0.4) is 0 Å². The summed E-state index contributed by atoms with van der Waals surface area (Å²) in [6.07, 6.45) is 4.16. The van der Waals surface area contributed by atoms with Crippen molar-refractivity contribution in [3.8, 4) is 5.75 Å². The van der Waals surface area contributed by atoms with Crippen LogP contribution in [0, 0.1) is 5.41 Å². The molecule has 1 aromatic carbocycles. The predicted octanol–water partition coefficient (Wildman–Crippen LogP) is 6.65. The summed E-state index contributed by atoms with van der Waals surface area (Å²) in [6.45, 7) is 17.6. The Balaban J connectivity index is 2.63. The minimum Gasteiger partial charge on any atom is -0.497 e. The predicted molar refractivity (Wildman–Crippen MR) is 152 cm³/mol. The zero-order valence-electron chi connectivity index (χ0n) is 23.6. The first kappa shape index (κ1) is 32.8. The fraction of sp³-hybridized carbons (Fsp3) is 0.679. The average Bonchev–Trinajstić information content (AvgIpc) is 2.77. The molecule has 0 fully saturated rings. The standard InChI is InChI=1S/C28H47BrO6Si/c1-27(2,3)26(31)34-18-17-25(35-36(8,9)28(4,5)6)24(29)12-10-11-22(30)20-33-19-21-13-15-23(32-7)16-14-21/h10-11,13-16,22,24-25,30H,12,17-20H2,1-9H3/b11-10+/t22-,24+,25+/m0/s1. The number of alkyl halides is 1. The molecular weight excluding hydrogens is 540 g/mol. The van der Waals surface area contributed by atoms with Crippen molar-refractivity contribution in [2.24, 2.45) is 5.41 Å². The van der Waals surface area contributed by atoms with Crippen LogP contribution in [0.1, 0.15) is 59.9 Å². The van der Waals surface area contributed by atoms with Gasteiger partial charge in [-0.1, -0.05) is 61.0 Å². The third kappa shape index (κ3) is 11.9. The molecule has 0 amide bonds. The molecule has 0 aliphatic carbocycles. The van der Waals surface area contributed by atoms with Gasteiger partial charge in [0, 0.05) is 11.2 Å². The summed E-state index contributed by atoms with van der Waals surface area (Å²) < 4.78 is 23.0. The van der Waals surface area contributed by atoms with Gasteiger partial charge in [0.1, 0.15) is 5.75 Å². The molecule has 0 unspecified atom stereocenters. The highest BCUT2D eigenvalue weighted by Crippen LogP contribution is 2.39. The largest absolute Gasteiger partial charge is 0.497 e. The molecule has 8 heteroatoms. The van der Waals surface area contributed by atoms with Crippen molar-refractivity contribution in [1.82, 2.24) is 0 Å². The van der Waals surface area contributed by atoms with Crippen molar-refractivity contribution in [2.45, 2.75) is 96.2 Å². The van der Waals surface area contributed by atoms with Crippen LogP contribution in [0.15, 0.2) is 36.4 Å². The Morgan fingerprint density at radius 2 is 1.72 bits per heavy atom. The molecule has 0 spiro atoms. The van der Waals surface area contributed by atoms with E-state index in [2.05, 4.69) is 49.8 Å². The summed E-state index contributed by atoms with van der Waals surface area (Å²) in [6, 6.07) is 7.66. The van der Waals surface area contributed by atoms with Gasteiger partial charge in [0.15, 0.2) is 8.32 Å². The molecule has 206 valence electrons. The van der Waals surface area contributed by atoms with Crippen LogP contribution in [0.2, 0.25) is 18.1 Å². The monoisotopic (exact) mass is 586 g/mol. The van der Waals surface area contributed by atoms with Crippen LogP contribution in [-0.4, -0.2) is 56.8 Å². The number of esters is 1. The van der Waals surface area contributed by atoms with Gasteiger partial charge in [-0.15, -0.1) is 0 Å². The summed E-state index contributed by atoms with van der Waals surface area (Å²) >= 11 is 3.80. The van der Waals surface area contributed by atoms with Gasteiger partial charge in [-0.25, -0.2) is 0 Å². The molecule has 0 radical (unpaired) electrons. The molecule has 0 saturated heterocycles. The lowest BCUT2D eigenvalue weighted by atomic mass is 9.97. The normalized spacial score (nSPS) is 15.5. The lowest BCUT2D eigenvalue weighted by Crippen LogP contribution is -2.46. The van der Waals surface area contributed by atoms with E-state index < -0.39 is 19.8 Å². The molecule has 0 bridgehead atoms. The molecule has 3 atom stereocenters. The van der Waals surface area contributed by atoms with E-state index in [0.717, 1.165) is 11.3 Å². The quantitative estimate of drug-likeness (QED) is 0.114. The Morgan fingerprint density at radius 1 is 1.11 bits per heavy atom. The van der Waals surface area contributed by atoms with Crippen LogP contribution in [0.5, 0.6) is 5.75 Å². The van der Waals surface area contributed by atoms with Gasteiger partial charge in [-0.3, -0.25) is 4.79 Å². The Labute approximate surface area is 228 Å². The van der Waals surface area contributed by atoms with Crippen molar-refractivity contribution in [2.75, 3.05) is 20.3 Å². The summed E-state index contributed by atoms with van der Waals surface area (Å²) in [5.41, 5.74) is 0.489. The minimum atomic E-state index is -2.03. The maximum Gasteiger partial charge on any atom is 0.311 e. The summed E-state index contributed by atoms with van der Waals surface area (Å²) in [4.78, 5) is 12.2. The van der Waals surface area contributed by atoms with E-state index in [-0.39, 0.29) is 28.5 Å². The molecule has 6 nitrogen and oxygen atoms in total. The Bertz CT molecular complexity index is 811. The molecule has 0 aliphatic heterocycles. The zero-order valence-corrected chi connectivity index (χ0v) is 26.2. The first-order chi connectivity index (χ1) is 16.6. The smallest absolute Gasteiger partial charge is 0.311 e. The number of carbonyl (C=O) groups excluding carboxylic acids is 1. The number of benzene rings is 1. The molecule has 0 aliphatic rings. The first-order valence-corrected chi connectivity index (χ1v) is 16.4. The molecule has 0 aromatic heterocycles. The van der Waals surface area contributed by atoms with Gasteiger partial charge >= 0.3 is 5.97 Å². The number of methoxy groups -OCH3 is 1. The number of aliphatic hydroxyl groups excluding tert-OH is 1. The second-order valence-corrected chi connectivity index (χ2v) is 17.6. The number of aliphatic hydroxyl groups is 1. The van der Waals surface area contributed by atoms with Crippen LogP contribution < -0.4 is 4.74 Å². The van der Waals surface area contributed by atoms with Gasteiger partial charge in [-0.05, 0) is 63.0 Å². The van der Waals surface area contributed by atoms with E-state index in [1.54, 1.807) is 13.2 Å². The minimum absolute atomic E-state index is 0.0173. The lowest BCUT2D eigenvalue weighted by molar-refractivity contribution is -0.153. The zero-order chi connectivity index (χ0) is 27.6. The van der Waals surface area contributed by atoms with Crippen molar-refractivity contribution in [1.29, 1.82) is 0 Å². The highest BCUT2D eigenvalue weighted by atomic mass is 79.9. The number of rotatable bonds is 14. The highest BCUT2D eigenvalue weighted by molar-refractivity contribution is 9.09. The van der Waals surface area contributed by atoms with E-state index >= 15 is 0 Å². The van der Waals surface area contributed by atoms with Crippen molar-refractivity contribution < 1.29 is 28.5 Å². The van der Waals surface area contributed by atoms with E-state index in [0.29, 0.717) is 26.1 Å². The van der Waals surface area contributed by atoms with Crippen LogP contribution in [-0.2, 0) is 25.3 Å². The highest BCUT2D eigenvalue weighted by Gasteiger charge is 2.40. The number of hydrogen-bond donors (Lipinski definition) is 1. The first-order valence-electron chi connectivity index (χ1n) is 12.6. The topological polar surface area (TPSA) is 74.2 Å². The Hall–Kier alpha value is -1.19. The number of allylic oxidation sites excluding steroid dienone is 1. The lowest BCUT2D eigenvalue weighted by Gasteiger charge is -2.40. The Morgan fingerprint density at radius 3 is 2.25 bits per heavy atom. The summed E-state index contributed by atoms with van der Waals surface area (Å²) in [7, 11) is -0.399. The number of ether oxygens (including phenoxy) is 3. The maximum atomic E-state index is 12.2. The third-order valence-corrected chi connectivity index (χ3v) is 11.8. The van der Waals surface area contributed by atoms with Gasteiger partial charge in [-0.2, -0.15) is 0 Å². The van der Waals surface area contributed by atoms with E-state index in [1.807, 2.05) is 51.1 Å². The van der Waals surface area contributed by atoms with E-state index in [9.17, 15) is 9.90 Å². The fourth-order valence-electron chi connectivity index (χ4n) is 2.95. The van der Waals surface area contributed by atoms with Crippen molar-refractivity contribution in [3.05, 3.63) is 42.0 Å².